The average Bonchev–Trinajstić information content (AvgIpc) is 3.33. The van der Waals surface area contributed by atoms with Gasteiger partial charge in [0.05, 0.1) is 5.75 Å². The lowest BCUT2D eigenvalue weighted by Crippen LogP contribution is -2.38. The first-order chi connectivity index (χ1) is 17.4. The molecule has 36 heavy (non-hydrogen) atoms. The summed E-state index contributed by atoms with van der Waals surface area (Å²) < 4.78 is 26.1. The minimum atomic E-state index is -3.12. The van der Waals surface area contributed by atoms with Crippen LogP contribution in [0.4, 0.5) is 0 Å². The van der Waals surface area contributed by atoms with Gasteiger partial charge in [-0.1, -0.05) is 50.5 Å². The topological polar surface area (TPSA) is 82.3 Å². The quantitative estimate of drug-likeness (QED) is 0.313. The van der Waals surface area contributed by atoms with E-state index in [2.05, 4.69) is 59.8 Å². The van der Waals surface area contributed by atoms with Crippen molar-refractivity contribution in [3.63, 3.8) is 0 Å². The molecule has 1 aliphatic rings. The zero-order valence-electron chi connectivity index (χ0n) is 21.6. The van der Waals surface area contributed by atoms with Crippen molar-refractivity contribution in [2.45, 2.75) is 71.3 Å². The van der Waals surface area contributed by atoms with E-state index in [1.807, 2.05) is 6.07 Å². The van der Waals surface area contributed by atoms with Crippen molar-refractivity contribution in [1.82, 2.24) is 14.6 Å². The number of rotatable bonds is 11. The minimum absolute atomic E-state index is 0.118. The normalized spacial score (nSPS) is 15.4. The molecule has 6 nitrogen and oxygen atoms in total. The van der Waals surface area contributed by atoms with Gasteiger partial charge in [0.15, 0.2) is 0 Å². The molecule has 0 spiro atoms. The summed E-state index contributed by atoms with van der Waals surface area (Å²) in [6, 6.07) is 14.8. The lowest BCUT2D eigenvalue weighted by molar-refractivity contribution is -0.121. The Balaban J connectivity index is 1.44. The fraction of sp³-hybridized carbons (Fsp3) is 0.483. The van der Waals surface area contributed by atoms with Gasteiger partial charge in [-0.05, 0) is 72.6 Å². The molecule has 3 aromatic rings. The highest BCUT2D eigenvalue weighted by Crippen LogP contribution is 2.35. The van der Waals surface area contributed by atoms with Crippen molar-refractivity contribution >= 4 is 26.8 Å². The summed E-state index contributed by atoms with van der Waals surface area (Å²) >= 11 is 0. The van der Waals surface area contributed by atoms with Gasteiger partial charge in [0.2, 0.25) is 15.9 Å². The van der Waals surface area contributed by atoms with Crippen LogP contribution in [0.1, 0.15) is 75.8 Å². The first-order valence-electron chi connectivity index (χ1n) is 13.4. The smallest absolute Gasteiger partial charge is 0.220 e. The lowest BCUT2D eigenvalue weighted by Gasteiger charge is -2.30. The van der Waals surface area contributed by atoms with Gasteiger partial charge in [-0.15, -0.1) is 0 Å². The summed E-state index contributed by atoms with van der Waals surface area (Å²) in [5.41, 5.74) is 5.73. The van der Waals surface area contributed by atoms with Gasteiger partial charge in [0.25, 0.3) is 0 Å². The number of H-pyrrole nitrogens is 1. The maximum absolute atomic E-state index is 12.2. The van der Waals surface area contributed by atoms with Crippen LogP contribution in [0.15, 0.2) is 48.7 Å². The Bertz CT molecular complexity index is 1270. The van der Waals surface area contributed by atoms with Crippen molar-refractivity contribution in [3.05, 3.63) is 59.8 Å². The van der Waals surface area contributed by atoms with Gasteiger partial charge in [-0.3, -0.25) is 4.79 Å². The van der Waals surface area contributed by atoms with Crippen molar-refractivity contribution in [2.24, 2.45) is 0 Å². The number of carbonyl (C=O) groups is 1. The van der Waals surface area contributed by atoms with E-state index in [9.17, 15) is 13.2 Å². The average molecular weight is 510 g/mol. The van der Waals surface area contributed by atoms with Crippen LogP contribution in [0.2, 0.25) is 0 Å². The number of piperidine rings is 1. The van der Waals surface area contributed by atoms with Gasteiger partial charge < -0.3 is 10.3 Å². The van der Waals surface area contributed by atoms with Crippen LogP contribution in [-0.2, 0) is 21.4 Å². The highest BCUT2D eigenvalue weighted by molar-refractivity contribution is 7.89. The van der Waals surface area contributed by atoms with Gasteiger partial charge in [-0.2, -0.15) is 0 Å². The third-order valence-electron chi connectivity index (χ3n) is 7.37. The molecule has 0 radical (unpaired) electrons. The number of amides is 1. The third-order valence-corrected chi connectivity index (χ3v) is 9.25. The van der Waals surface area contributed by atoms with Crippen LogP contribution in [-0.4, -0.2) is 42.5 Å². The number of benzene rings is 2. The van der Waals surface area contributed by atoms with E-state index in [1.165, 1.54) is 23.8 Å². The summed E-state index contributed by atoms with van der Waals surface area (Å²) in [5.74, 6) is 0.624. The Kier molecular flexibility index (Phi) is 8.86. The van der Waals surface area contributed by atoms with Crippen LogP contribution < -0.4 is 5.32 Å². The molecular formula is C29H39N3O3S. The second-order valence-electron chi connectivity index (χ2n) is 9.87. The molecule has 1 saturated heterocycles. The number of hydrogen-bond acceptors (Lipinski definition) is 3. The molecule has 1 fully saturated rings. The van der Waals surface area contributed by atoms with E-state index >= 15 is 0 Å². The second-order valence-corrected chi connectivity index (χ2v) is 12.1. The predicted octanol–water partition coefficient (Wildman–Crippen LogP) is 5.95. The van der Waals surface area contributed by atoms with E-state index < -0.39 is 10.0 Å². The molecule has 2 heterocycles. The number of aromatic amines is 1. The molecule has 0 unspecified atom stereocenters. The zero-order valence-corrected chi connectivity index (χ0v) is 22.4. The summed E-state index contributed by atoms with van der Waals surface area (Å²) in [6.45, 7) is 5.59. The number of carbonyl (C=O) groups excluding carboxylic acids is 1. The molecule has 7 heteroatoms. The number of fused-ring (bicyclic) bond motifs is 1. The van der Waals surface area contributed by atoms with Crippen LogP contribution >= 0.6 is 0 Å². The highest BCUT2D eigenvalue weighted by Gasteiger charge is 2.28. The third kappa shape index (κ3) is 6.37. The Hall–Kier alpha value is -2.64. The number of nitrogens with one attached hydrogen (secondary N) is 2. The van der Waals surface area contributed by atoms with Gasteiger partial charge in [0.1, 0.15) is 0 Å². The SMILES string of the molecule is CCCCCCC(=O)NCc1cccc(-c2ccc3[nH]cc(C4CCN(S(=O)(=O)CC)CC4)c3c2)c1. The molecule has 2 N–H and O–H groups in total. The van der Waals surface area contributed by atoms with Crippen LogP contribution in [0.3, 0.4) is 0 Å². The molecule has 1 aliphatic heterocycles. The fourth-order valence-corrected chi connectivity index (χ4v) is 6.28. The summed E-state index contributed by atoms with van der Waals surface area (Å²) in [6.07, 6.45) is 8.78. The molecule has 0 atom stereocenters. The largest absolute Gasteiger partial charge is 0.361 e. The minimum Gasteiger partial charge on any atom is -0.361 e. The Morgan fingerprint density at radius 3 is 2.56 bits per heavy atom. The van der Waals surface area contributed by atoms with E-state index in [4.69, 9.17) is 0 Å². The second kappa shape index (κ2) is 12.1. The molecule has 0 aliphatic carbocycles. The van der Waals surface area contributed by atoms with Crippen LogP contribution in [0.5, 0.6) is 0 Å². The molecule has 0 bridgehead atoms. The standard InChI is InChI=1S/C29H39N3O3S/c1-3-5-6-7-11-29(33)31-20-22-9-8-10-24(18-22)25-12-13-28-26(19-25)27(21-30-28)23-14-16-32(17-15-23)36(34,35)4-2/h8-10,12-13,18-19,21,23,30H,3-7,11,14-17,20H2,1-2H3,(H,31,33). The van der Waals surface area contributed by atoms with E-state index in [1.54, 1.807) is 11.2 Å². The van der Waals surface area contributed by atoms with Crippen molar-refractivity contribution in [1.29, 1.82) is 0 Å². The van der Waals surface area contributed by atoms with E-state index in [-0.39, 0.29) is 11.7 Å². The van der Waals surface area contributed by atoms with Gasteiger partial charge in [-0.25, -0.2) is 12.7 Å². The van der Waals surface area contributed by atoms with Crippen LogP contribution in [0.25, 0.3) is 22.0 Å². The first kappa shape index (κ1) is 26.4. The van der Waals surface area contributed by atoms with E-state index in [0.29, 0.717) is 32.0 Å². The van der Waals surface area contributed by atoms with Gasteiger partial charge in [0, 0.05) is 43.2 Å². The monoisotopic (exact) mass is 509 g/mol. The van der Waals surface area contributed by atoms with Crippen molar-refractivity contribution in [2.75, 3.05) is 18.8 Å². The first-order valence-corrected chi connectivity index (χ1v) is 15.0. The molecule has 2 aromatic carbocycles. The van der Waals surface area contributed by atoms with Crippen LogP contribution in [0, 0.1) is 0 Å². The Morgan fingerprint density at radius 2 is 1.81 bits per heavy atom. The maximum Gasteiger partial charge on any atom is 0.220 e. The van der Waals surface area contributed by atoms with Gasteiger partial charge >= 0.3 is 0 Å². The highest BCUT2D eigenvalue weighted by atomic mass is 32.2. The van der Waals surface area contributed by atoms with E-state index in [0.717, 1.165) is 47.9 Å². The molecule has 0 saturated carbocycles. The van der Waals surface area contributed by atoms with Crippen molar-refractivity contribution < 1.29 is 13.2 Å². The summed E-state index contributed by atoms with van der Waals surface area (Å²) in [5, 5.41) is 4.26. The zero-order chi connectivity index (χ0) is 25.5. The molecular weight excluding hydrogens is 470 g/mol. The Morgan fingerprint density at radius 1 is 1.03 bits per heavy atom. The molecule has 1 amide bonds. The Labute approximate surface area is 215 Å². The fourth-order valence-electron chi connectivity index (χ4n) is 5.15. The number of nitrogens with zero attached hydrogens (tertiary/aromatic N) is 1. The maximum atomic E-state index is 12.2. The number of hydrogen-bond donors (Lipinski definition) is 2. The molecule has 194 valence electrons. The summed E-state index contributed by atoms with van der Waals surface area (Å²) in [4.78, 5) is 15.6. The number of unbranched alkanes of at least 4 members (excludes halogenated alkanes) is 3. The molecule has 4 rings (SSSR count). The summed E-state index contributed by atoms with van der Waals surface area (Å²) in [7, 11) is -3.12. The van der Waals surface area contributed by atoms with Crippen molar-refractivity contribution in [3.8, 4) is 11.1 Å². The molecule has 1 aromatic heterocycles. The lowest BCUT2D eigenvalue weighted by atomic mass is 9.89. The number of sulfonamides is 1. The number of aromatic nitrogens is 1. The predicted molar refractivity (Wildman–Crippen MR) is 147 cm³/mol.